The van der Waals surface area contributed by atoms with Crippen molar-refractivity contribution in [2.45, 2.75) is 12.8 Å². The molecule has 0 aromatic rings. The monoisotopic (exact) mass is 160 g/mol. The third kappa shape index (κ3) is 1.40. The van der Waals surface area contributed by atoms with Crippen LogP contribution in [0.15, 0.2) is 36.5 Å². The van der Waals surface area contributed by atoms with Crippen LogP contribution in [0.3, 0.4) is 0 Å². The van der Waals surface area contributed by atoms with E-state index in [2.05, 4.69) is 24.3 Å². The first-order valence-electron chi connectivity index (χ1n) is 4.40. The van der Waals surface area contributed by atoms with Gasteiger partial charge in [0.05, 0.1) is 0 Å². The Labute approximate surface area is 72.5 Å². The van der Waals surface area contributed by atoms with Gasteiger partial charge in [-0.25, -0.2) is 0 Å². The predicted octanol–water partition coefficient (Wildman–Crippen LogP) is 2.26. The quantitative estimate of drug-likeness (QED) is 0.497. The molecule has 0 fully saturated rings. The minimum Gasteiger partial charge on any atom is -0.295 e. The molecule has 0 N–H and O–H groups in total. The molecular formula is C11H12O. The molecule has 62 valence electrons. The molecule has 0 aliphatic heterocycles. The van der Waals surface area contributed by atoms with E-state index < -0.39 is 0 Å². The van der Waals surface area contributed by atoms with E-state index in [-0.39, 0.29) is 5.78 Å². The molecule has 12 heavy (non-hydrogen) atoms. The lowest BCUT2D eigenvalue weighted by Crippen LogP contribution is -2.16. The van der Waals surface area contributed by atoms with Crippen LogP contribution < -0.4 is 0 Å². The predicted molar refractivity (Wildman–Crippen MR) is 48.6 cm³/mol. The van der Waals surface area contributed by atoms with Gasteiger partial charge in [0.1, 0.15) is 0 Å². The Morgan fingerprint density at radius 1 is 1.17 bits per heavy atom. The maximum absolute atomic E-state index is 11.1. The van der Waals surface area contributed by atoms with Gasteiger partial charge in [0.2, 0.25) is 0 Å². The summed E-state index contributed by atoms with van der Waals surface area (Å²) in [5.41, 5.74) is 0. The molecular weight excluding hydrogens is 148 g/mol. The molecule has 1 nitrogen and oxygen atoms in total. The van der Waals surface area contributed by atoms with Crippen molar-refractivity contribution < 1.29 is 4.79 Å². The molecule has 0 amide bonds. The van der Waals surface area contributed by atoms with Gasteiger partial charge in [-0.05, 0) is 18.4 Å². The normalized spacial score (nSPS) is 33.2. The van der Waals surface area contributed by atoms with Gasteiger partial charge in [-0.3, -0.25) is 4.79 Å². The number of rotatable bonds is 0. The van der Waals surface area contributed by atoms with Crippen molar-refractivity contribution in [2.75, 3.05) is 0 Å². The van der Waals surface area contributed by atoms with E-state index >= 15 is 0 Å². The third-order valence-electron chi connectivity index (χ3n) is 2.45. The zero-order valence-electron chi connectivity index (χ0n) is 6.94. The molecule has 0 saturated carbocycles. The van der Waals surface area contributed by atoms with Crippen LogP contribution >= 0.6 is 0 Å². The number of fused-ring (bicyclic) bond motifs is 1. The van der Waals surface area contributed by atoms with Gasteiger partial charge in [-0.1, -0.05) is 30.4 Å². The van der Waals surface area contributed by atoms with Crippen molar-refractivity contribution in [1.82, 2.24) is 0 Å². The van der Waals surface area contributed by atoms with E-state index in [4.69, 9.17) is 0 Å². The maximum atomic E-state index is 11.1. The molecule has 2 rings (SSSR count). The average molecular weight is 160 g/mol. The smallest absolute Gasteiger partial charge is 0.156 e. The zero-order valence-corrected chi connectivity index (χ0v) is 6.94. The lowest BCUT2D eigenvalue weighted by Gasteiger charge is -2.20. The molecule has 2 atom stereocenters. The number of carbonyl (C=O) groups excluding carboxylic acids is 1. The van der Waals surface area contributed by atoms with E-state index in [0.29, 0.717) is 18.3 Å². The molecule has 2 aliphatic carbocycles. The summed E-state index contributed by atoms with van der Waals surface area (Å²) in [4.78, 5) is 11.1. The Bertz CT molecular complexity index is 271. The van der Waals surface area contributed by atoms with Crippen LogP contribution in [0.1, 0.15) is 12.8 Å². The van der Waals surface area contributed by atoms with Gasteiger partial charge in [-0.2, -0.15) is 0 Å². The molecule has 0 radical (unpaired) electrons. The number of allylic oxidation sites excluding steroid dienone is 6. The summed E-state index contributed by atoms with van der Waals surface area (Å²) in [5.74, 6) is 1.14. The molecule has 1 heteroatoms. The summed E-state index contributed by atoms with van der Waals surface area (Å²) in [6, 6.07) is 0. The second-order valence-corrected chi connectivity index (χ2v) is 3.36. The van der Waals surface area contributed by atoms with E-state index in [1.165, 1.54) is 0 Å². The van der Waals surface area contributed by atoms with Crippen LogP contribution in [0.2, 0.25) is 0 Å². The summed E-state index contributed by atoms with van der Waals surface area (Å²) in [6.45, 7) is 0. The van der Waals surface area contributed by atoms with Crippen LogP contribution in [0.4, 0.5) is 0 Å². The standard InChI is InChI=1S/C11H12O/c12-11-7-6-9-4-2-1-3-5-10(9)8-11/h2-7,9-10H,1,8H2. The summed E-state index contributed by atoms with van der Waals surface area (Å²) in [6.07, 6.45) is 14.1. The van der Waals surface area contributed by atoms with Crippen LogP contribution in [-0.4, -0.2) is 5.78 Å². The molecule has 0 heterocycles. The van der Waals surface area contributed by atoms with Crippen molar-refractivity contribution in [3.8, 4) is 0 Å². The van der Waals surface area contributed by atoms with Crippen LogP contribution in [-0.2, 0) is 4.79 Å². The van der Waals surface area contributed by atoms with Gasteiger partial charge in [0.25, 0.3) is 0 Å². The van der Waals surface area contributed by atoms with Crippen LogP contribution in [0, 0.1) is 11.8 Å². The number of ketones is 1. The minimum atomic E-state index is 0.260. The Kier molecular flexibility index (Phi) is 1.94. The first-order chi connectivity index (χ1) is 5.86. The lowest BCUT2D eigenvalue weighted by atomic mass is 9.84. The summed E-state index contributed by atoms with van der Waals surface area (Å²) >= 11 is 0. The fraction of sp³-hybridized carbons (Fsp3) is 0.364. The summed E-state index contributed by atoms with van der Waals surface area (Å²) in [7, 11) is 0. The third-order valence-corrected chi connectivity index (χ3v) is 2.45. The first kappa shape index (κ1) is 7.53. The van der Waals surface area contributed by atoms with Gasteiger partial charge in [0, 0.05) is 12.3 Å². The van der Waals surface area contributed by atoms with E-state index in [0.717, 1.165) is 6.42 Å². The highest BCUT2D eigenvalue weighted by atomic mass is 16.1. The maximum Gasteiger partial charge on any atom is 0.156 e. The first-order valence-corrected chi connectivity index (χ1v) is 4.40. The van der Waals surface area contributed by atoms with E-state index in [9.17, 15) is 4.79 Å². The Morgan fingerprint density at radius 2 is 2.00 bits per heavy atom. The van der Waals surface area contributed by atoms with Crippen molar-refractivity contribution in [3.05, 3.63) is 36.5 Å². The highest BCUT2D eigenvalue weighted by molar-refractivity contribution is 5.91. The van der Waals surface area contributed by atoms with Crippen LogP contribution in [0.25, 0.3) is 0 Å². The molecule has 0 saturated heterocycles. The number of carbonyl (C=O) groups is 1. The number of hydrogen-bond donors (Lipinski definition) is 0. The van der Waals surface area contributed by atoms with Gasteiger partial charge in [0.15, 0.2) is 5.78 Å². The highest BCUT2D eigenvalue weighted by Gasteiger charge is 2.21. The number of hydrogen-bond acceptors (Lipinski definition) is 1. The second kappa shape index (κ2) is 3.10. The van der Waals surface area contributed by atoms with E-state index in [1.54, 1.807) is 6.08 Å². The van der Waals surface area contributed by atoms with Crippen molar-refractivity contribution in [1.29, 1.82) is 0 Å². The fourth-order valence-electron chi connectivity index (χ4n) is 1.77. The van der Waals surface area contributed by atoms with Crippen molar-refractivity contribution in [2.24, 2.45) is 11.8 Å². The van der Waals surface area contributed by atoms with Crippen LogP contribution in [0.5, 0.6) is 0 Å². The fourth-order valence-corrected chi connectivity index (χ4v) is 1.77. The van der Waals surface area contributed by atoms with Crippen molar-refractivity contribution in [3.63, 3.8) is 0 Å². The topological polar surface area (TPSA) is 17.1 Å². The molecule has 2 unspecified atom stereocenters. The van der Waals surface area contributed by atoms with Crippen molar-refractivity contribution >= 4 is 5.78 Å². The Hall–Kier alpha value is -1.11. The minimum absolute atomic E-state index is 0.260. The molecule has 0 aromatic heterocycles. The Morgan fingerprint density at radius 3 is 2.92 bits per heavy atom. The Balaban J connectivity index is 2.26. The zero-order chi connectivity index (χ0) is 8.39. The van der Waals surface area contributed by atoms with Gasteiger partial charge >= 0.3 is 0 Å². The molecule has 2 aliphatic rings. The largest absolute Gasteiger partial charge is 0.295 e. The SMILES string of the molecule is O=C1C=CC2C=CCC=CC2C1. The average Bonchev–Trinajstić information content (AvgIpc) is 2.28. The summed E-state index contributed by atoms with van der Waals surface area (Å²) < 4.78 is 0. The highest BCUT2D eigenvalue weighted by Crippen LogP contribution is 2.27. The summed E-state index contributed by atoms with van der Waals surface area (Å²) in [5, 5.41) is 0. The van der Waals surface area contributed by atoms with E-state index in [1.807, 2.05) is 6.08 Å². The molecule has 0 spiro atoms. The second-order valence-electron chi connectivity index (χ2n) is 3.36. The van der Waals surface area contributed by atoms with Gasteiger partial charge < -0.3 is 0 Å². The molecule has 0 aromatic carbocycles. The molecule has 0 bridgehead atoms. The van der Waals surface area contributed by atoms with Gasteiger partial charge in [-0.15, -0.1) is 0 Å². The lowest BCUT2D eigenvalue weighted by molar-refractivity contribution is -0.115.